The smallest absolute Gasteiger partial charge is 0.229 e. The van der Waals surface area contributed by atoms with E-state index in [1.807, 2.05) is 26.0 Å². The van der Waals surface area contributed by atoms with Gasteiger partial charge in [0.05, 0.1) is 11.9 Å². The zero-order valence-electron chi connectivity index (χ0n) is 17.5. The maximum absolute atomic E-state index is 14.9. The number of anilines is 4. The number of hydrogen-bond donors (Lipinski definition) is 4. The Morgan fingerprint density at radius 1 is 1.23 bits per heavy atom. The van der Waals surface area contributed by atoms with Gasteiger partial charge in [0.1, 0.15) is 10.8 Å². The maximum Gasteiger partial charge on any atom is 0.229 e. The molecule has 0 aliphatic carbocycles. The summed E-state index contributed by atoms with van der Waals surface area (Å²) < 4.78 is 14.9. The van der Waals surface area contributed by atoms with Gasteiger partial charge in [-0.2, -0.15) is 10.1 Å². The summed E-state index contributed by atoms with van der Waals surface area (Å²) in [5.41, 5.74) is 9.04. The highest BCUT2D eigenvalue weighted by Gasteiger charge is 2.22. The summed E-state index contributed by atoms with van der Waals surface area (Å²) >= 11 is 6.20. The molecule has 0 amide bonds. The number of aromatic amines is 1. The second kappa shape index (κ2) is 9.17. The molecule has 1 aromatic carbocycles. The van der Waals surface area contributed by atoms with Gasteiger partial charge in [-0.3, -0.25) is 10.00 Å². The minimum absolute atomic E-state index is 0.237. The lowest BCUT2D eigenvalue weighted by Crippen LogP contribution is -2.37. The zero-order valence-corrected chi connectivity index (χ0v) is 18.3. The van der Waals surface area contributed by atoms with Crippen molar-refractivity contribution in [3.8, 4) is 0 Å². The van der Waals surface area contributed by atoms with Gasteiger partial charge in [0.2, 0.25) is 5.95 Å². The zero-order chi connectivity index (χ0) is 22.0. The Balaban J connectivity index is 1.51. The molecule has 1 aliphatic rings. The van der Waals surface area contributed by atoms with E-state index in [1.165, 1.54) is 6.20 Å². The fourth-order valence-electron chi connectivity index (χ4n) is 3.90. The van der Waals surface area contributed by atoms with E-state index in [-0.39, 0.29) is 11.8 Å². The van der Waals surface area contributed by atoms with Crippen molar-refractivity contribution in [3.05, 3.63) is 52.1 Å². The third kappa shape index (κ3) is 4.95. The molecule has 0 unspecified atom stereocenters. The van der Waals surface area contributed by atoms with Crippen LogP contribution in [0.4, 0.5) is 27.7 Å². The first-order valence-electron chi connectivity index (χ1n) is 10.2. The monoisotopic (exact) mass is 444 g/mol. The Morgan fingerprint density at radius 3 is 2.68 bits per heavy atom. The van der Waals surface area contributed by atoms with E-state index >= 15 is 0 Å². The SMILES string of the molecule is Cc1cc(Nc2nc(Nc3cc(C)c(C4CCN(CN)CC4)cc3F)ncc2Cl)n[nH]1. The van der Waals surface area contributed by atoms with Crippen LogP contribution in [0.5, 0.6) is 0 Å². The van der Waals surface area contributed by atoms with Gasteiger partial charge in [-0.05, 0) is 69.0 Å². The molecule has 0 spiro atoms. The number of nitrogens with one attached hydrogen (secondary N) is 3. The largest absolute Gasteiger partial charge is 0.322 e. The van der Waals surface area contributed by atoms with Crippen molar-refractivity contribution in [2.75, 3.05) is 30.4 Å². The van der Waals surface area contributed by atoms with Crippen molar-refractivity contribution in [2.45, 2.75) is 32.6 Å². The van der Waals surface area contributed by atoms with E-state index in [0.717, 1.165) is 42.8 Å². The summed E-state index contributed by atoms with van der Waals surface area (Å²) in [4.78, 5) is 10.8. The average Bonchev–Trinajstić information content (AvgIpc) is 3.17. The predicted octanol–water partition coefficient (Wildman–Crippen LogP) is 4.19. The number of aromatic nitrogens is 4. The molecule has 1 aliphatic heterocycles. The van der Waals surface area contributed by atoms with Crippen LogP contribution in [0.3, 0.4) is 0 Å². The molecule has 0 bridgehead atoms. The second-order valence-electron chi connectivity index (χ2n) is 7.84. The number of nitrogens with two attached hydrogens (primary N) is 1. The maximum atomic E-state index is 14.9. The van der Waals surface area contributed by atoms with Crippen molar-refractivity contribution in [1.82, 2.24) is 25.1 Å². The summed E-state index contributed by atoms with van der Waals surface area (Å²) in [6.45, 7) is 6.34. The molecule has 0 atom stereocenters. The van der Waals surface area contributed by atoms with E-state index in [9.17, 15) is 4.39 Å². The highest BCUT2D eigenvalue weighted by Crippen LogP contribution is 2.33. The molecule has 0 radical (unpaired) electrons. The van der Waals surface area contributed by atoms with Crippen LogP contribution in [0.15, 0.2) is 24.4 Å². The molecule has 10 heteroatoms. The molecule has 1 fully saturated rings. The van der Waals surface area contributed by atoms with Gasteiger partial charge >= 0.3 is 0 Å². The molecular formula is C21H26ClFN8. The minimum atomic E-state index is -0.335. The van der Waals surface area contributed by atoms with Crippen molar-refractivity contribution in [1.29, 1.82) is 0 Å². The van der Waals surface area contributed by atoms with Crippen LogP contribution in [-0.4, -0.2) is 44.8 Å². The highest BCUT2D eigenvalue weighted by atomic mass is 35.5. The van der Waals surface area contributed by atoms with Crippen LogP contribution in [-0.2, 0) is 0 Å². The number of hydrogen-bond acceptors (Lipinski definition) is 7. The van der Waals surface area contributed by atoms with E-state index in [2.05, 4.69) is 35.7 Å². The third-order valence-corrected chi connectivity index (χ3v) is 5.86. The Hall–Kier alpha value is -2.75. The fourth-order valence-corrected chi connectivity index (χ4v) is 4.04. The van der Waals surface area contributed by atoms with Crippen molar-refractivity contribution < 1.29 is 4.39 Å². The van der Waals surface area contributed by atoms with Gasteiger partial charge < -0.3 is 16.4 Å². The molecule has 3 heterocycles. The molecule has 4 rings (SSSR count). The number of aryl methyl sites for hydroxylation is 2. The van der Waals surface area contributed by atoms with E-state index in [0.29, 0.717) is 34.9 Å². The van der Waals surface area contributed by atoms with E-state index in [1.54, 1.807) is 6.07 Å². The molecule has 2 aromatic heterocycles. The Morgan fingerprint density at radius 2 is 2.00 bits per heavy atom. The lowest BCUT2D eigenvalue weighted by Gasteiger charge is -2.31. The highest BCUT2D eigenvalue weighted by molar-refractivity contribution is 6.32. The van der Waals surface area contributed by atoms with Crippen LogP contribution in [0, 0.1) is 19.7 Å². The lowest BCUT2D eigenvalue weighted by atomic mass is 9.86. The summed E-state index contributed by atoms with van der Waals surface area (Å²) in [6.07, 6.45) is 3.42. The number of benzene rings is 1. The van der Waals surface area contributed by atoms with Gasteiger partial charge in [0.25, 0.3) is 0 Å². The average molecular weight is 445 g/mol. The van der Waals surface area contributed by atoms with Crippen LogP contribution in [0.1, 0.15) is 35.6 Å². The molecule has 5 N–H and O–H groups in total. The summed E-state index contributed by atoms with van der Waals surface area (Å²) in [7, 11) is 0. The molecule has 0 saturated carbocycles. The van der Waals surface area contributed by atoms with Crippen LogP contribution >= 0.6 is 11.6 Å². The fraction of sp³-hybridized carbons (Fsp3) is 0.381. The Bertz CT molecular complexity index is 1060. The molecular weight excluding hydrogens is 419 g/mol. The van der Waals surface area contributed by atoms with Gasteiger partial charge in [-0.1, -0.05) is 11.6 Å². The number of rotatable bonds is 6. The van der Waals surface area contributed by atoms with Crippen molar-refractivity contribution >= 4 is 34.9 Å². The van der Waals surface area contributed by atoms with Gasteiger partial charge in [0.15, 0.2) is 11.6 Å². The Kier molecular flexibility index (Phi) is 6.35. The van der Waals surface area contributed by atoms with E-state index in [4.69, 9.17) is 17.3 Å². The molecule has 1 saturated heterocycles. The summed E-state index contributed by atoms with van der Waals surface area (Å²) in [5.74, 6) is 1.20. The number of piperidine rings is 1. The first kappa shape index (κ1) is 21.5. The third-order valence-electron chi connectivity index (χ3n) is 5.58. The van der Waals surface area contributed by atoms with Gasteiger partial charge in [-0.15, -0.1) is 0 Å². The standard InChI is InChI=1S/C21H26ClFN8/c1-12-7-18(17(23)9-15(12)14-3-5-31(11-24)6-4-14)26-21-25-10-16(22)20(28-21)27-19-8-13(2)29-30-19/h7-10,14H,3-6,11,24H2,1-2H3,(H3,25,26,27,28,29,30). The first-order chi connectivity index (χ1) is 14.9. The van der Waals surface area contributed by atoms with Gasteiger partial charge in [-0.25, -0.2) is 9.37 Å². The predicted molar refractivity (Wildman–Crippen MR) is 121 cm³/mol. The number of H-pyrrole nitrogens is 1. The van der Waals surface area contributed by atoms with Crippen LogP contribution in [0.2, 0.25) is 5.02 Å². The number of nitrogens with zero attached hydrogens (tertiary/aromatic N) is 4. The lowest BCUT2D eigenvalue weighted by molar-refractivity contribution is 0.217. The second-order valence-corrected chi connectivity index (χ2v) is 8.25. The summed E-state index contributed by atoms with van der Waals surface area (Å²) in [5, 5.41) is 13.3. The topological polar surface area (TPSA) is 108 Å². The normalized spacial score (nSPS) is 15.3. The Labute approximate surface area is 185 Å². The molecule has 8 nitrogen and oxygen atoms in total. The van der Waals surface area contributed by atoms with Crippen molar-refractivity contribution in [3.63, 3.8) is 0 Å². The minimum Gasteiger partial charge on any atom is -0.322 e. The number of halogens is 2. The quantitative estimate of drug-likeness (QED) is 0.451. The van der Waals surface area contributed by atoms with E-state index < -0.39 is 0 Å². The van der Waals surface area contributed by atoms with Crippen LogP contribution < -0.4 is 16.4 Å². The molecule has 31 heavy (non-hydrogen) atoms. The van der Waals surface area contributed by atoms with Gasteiger partial charge in [0, 0.05) is 18.4 Å². The number of likely N-dealkylation sites (tertiary alicyclic amines) is 1. The molecule has 164 valence electrons. The molecule has 3 aromatic rings. The summed E-state index contributed by atoms with van der Waals surface area (Å²) in [6, 6.07) is 5.26. The van der Waals surface area contributed by atoms with Crippen LogP contribution in [0.25, 0.3) is 0 Å². The first-order valence-corrected chi connectivity index (χ1v) is 10.6. The van der Waals surface area contributed by atoms with Crippen molar-refractivity contribution in [2.24, 2.45) is 5.73 Å².